The van der Waals surface area contributed by atoms with Crippen LogP contribution in [0.5, 0.6) is 0 Å². The van der Waals surface area contributed by atoms with Crippen molar-refractivity contribution < 1.29 is 9.59 Å². The Balaban J connectivity index is 1.99. The summed E-state index contributed by atoms with van der Waals surface area (Å²) in [6.07, 6.45) is 3.11. The Morgan fingerprint density at radius 2 is 2.04 bits per heavy atom. The molecule has 3 rings (SSSR count). The Morgan fingerprint density at radius 3 is 2.80 bits per heavy atom. The van der Waals surface area contributed by atoms with Gasteiger partial charge in [0.2, 0.25) is 5.91 Å². The van der Waals surface area contributed by atoms with Gasteiger partial charge < -0.3 is 10.6 Å². The molecule has 1 fully saturated rings. The molecule has 1 aromatic carbocycles. The quantitative estimate of drug-likeness (QED) is 0.873. The van der Waals surface area contributed by atoms with E-state index in [-0.39, 0.29) is 17.2 Å². The summed E-state index contributed by atoms with van der Waals surface area (Å²) in [5.74, 6) is -0.597. The molecule has 7 nitrogen and oxygen atoms in total. The largest absolute Gasteiger partial charge is 0.354 e. The fraction of sp³-hybridized carbons (Fsp3) is 0.444. The number of carbonyl (C=O) groups excluding carboxylic acids is 2. The third-order valence-electron chi connectivity index (χ3n) is 4.36. The van der Waals surface area contributed by atoms with E-state index in [1.807, 2.05) is 6.92 Å². The second kappa shape index (κ2) is 7.46. The van der Waals surface area contributed by atoms with Crippen molar-refractivity contribution in [2.75, 3.05) is 6.54 Å². The van der Waals surface area contributed by atoms with Crippen molar-refractivity contribution >= 4 is 22.6 Å². The summed E-state index contributed by atoms with van der Waals surface area (Å²) in [7, 11) is 0. The molecule has 0 aliphatic carbocycles. The lowest BCUT2D eigenvalue weighted by molar-refractivity contribution is -0.122. The summed E-state index contributed by atoms with van der Waals surface area (Å²) in [4.78, 5) is 37.3. The number of aryl methyl sites for hydroxylation is 1. The van der Waals surface area contributed by atoms with E-state index in [1.165, 1.54) is 4.68 Å². The number of hydrogen-bond donors (Lipinski definition) is 2. The van der Waals surface area contributed by atoms with Crippen molar-refractivity contribution in [3.8, 4) is 0 Å². The predicted molar refractivity (Wildman–Crippen MR) is 94.4 cm³/mol. The van der Waals surface area contributed by atoms with Gasteiger partial charge in [-0.15, -0.1) is 0 Å². The van der Waals surface area contributed by atoms with Gasteiger partial charge in [-0.1, -0.05) is 25.1 Å². The van der Waals surface area contributed by atoms with Gasteiger partial charge in [-0.3, -0.25) is 14.4 Å². The van der Waals surface area contributed by atoms with Gasteiger partial charge in [-0.25, -0.2) is 4.68 Å². The molecule has 0 spiro atoms. The van der Waals surface area contributed by atoms with E-state index in [4.69, 9.17) is 0 Å². The van der Waals surface area contributed by atoms with Crippen LogP contribution in [0.4, 0.5) is 0 Å². The number of hydrogen-bond acceptors (Lipinski definition) is 4. The van der Waals surface area contributed by atoms with Gasteiger partial charge in [0, 0.05) is 18.5 Å². The van der Waals surface area contributed by atoms with Crippen LogP contribution in [0.15, 0.2) is 29.1 Å². The summed E-state index contributed by atoms with van der Waals surface area (Å²) in [5, 5.41) is 10.8. The lowest BCUT2D eigenvalue weighted by Gasteiger charge is -2.16. The molecule has 1 aliphatic rings. The second-order valence-corrected chi connectivity index (χ2v) is 6.24. The first kappa shape index (κ1) is 17.1. The number of fused-ring (bicyclic) bond motifs is 1. The molecule has 2 N–H and O–H groups in total. The maximum Gasteiger partial charge on any atom is 0.274 e. The standard InChI is InChI=1S/C18H22N4O3/c1-2-11-22-18(25)13-8-4-3-7-12(13)15(21-22)17(24)20-14-9-5-6-10-19-16(14)23/h3-4,7-8,14H,2,5-6,9-11H2,1H3,(H,19,23)(H,20,24)/t14-/m1/s1. The van der Waals surface area contributed by atoms with Crippen LogP contribution in [0.1, 0.15) is 43.1 Å². The topological polar surface area (TPSA) is 93.1 Å². The monoisotopic (exact) mass is 342 g/mol. The third-order valence-corrected chi connectivity index (χ3v) is 4.36. The Kier molecular flexibility index (Phi) is 5.11. The van der Waals surface area contributed by atoms with Gasteiger partial charge in [0.25, 0.3) is 11.5 Å². The van der Waals surface area contributed by atoms with Crippen molar-refractivity contribution in [3.63, 3.8) is 0 Å². The van der Waals surface area contributed by atoms with E-state index >= 15 is 0 Å². The molecule has 0 radical (unpaired) electrons. The minimum absolute atomic E-state index is 0.169. The lowest BCUT2D eigenvalue weighted by atomic mass is 10.1. The Bertz CT molecular complexity index is 859. The zero-order valence-corrected chi connectivity index (χ0v) is 14.2. The van der Waals surface area contributed by atoms with Crippen molar-refractivity contribution in [2.24, 2.45) is 0 Å². The Hall–Kier alpha value is -2.70. The van der Waals surface area contributed by atoms with E-state index in [0.717, 1.165) is 19.3 Å². The first-order chi connectivity index (χ1) is 12.1. The molecular formula is C18H22N4O3. The highest BCUT2D eigenvalue weighted by atomic mass is 16.2. The number of rotatable bonds is 4. The fourth-order valence-electron chi connectivity index (χ4n) is 3.07. The average molecular weight is 342 g/mol. The van der Waals surface area contributed by atoms with Crippen molar-refractivity contribution in [1.82, 2.24) is 20.4 Å². The van der Waals surface area contributed by atoms with Crippen molar-refractivity contribution in [3.05, 3.63) is 40.3 Å². The number of carbonyl (C=O) groups is 2. The van der Waals surface area contributed by atoms with Crippen LogP contribution in [-0.2, 0) is 11.3 Å². The number of nitrogens with one attached hydrogen (secondary N) is 2. The normalized spacial score (nSPS) is 17.8. The van der Waals surface area contributed by atoms with Crippen LogP contribution in [0.25, 0.3) is 10.8 Å². The highest BCUT2D eigenvalue weighted by Crippen LogP contribution is 2.14. The molecule has 1 saturated heterocycles. The minimum Gasteiger partial charge on any atom is -0.354 e. The molecule has 0 bridgehead atoms. The maximum absolute atomic E-state index is 12.8. The molecule has 7 heteroatoms. The predicted octanol–water partition coefficient (Wildman–Crippen LogP) is 1.20. The molecule has 2 heterocycles. The summed E-state index contributed by atoms with van der Waals surface area (Å²) < 4.78 is 1.32. The van der Waals surface area contributed by atoms with Crippen molar-refractivity contribution in [1.29, 1.82) is 0 Å². The zero-order chi connectivity index (χ0) is 17.8. The molecule has 132 valence electrons. The molecule has 2 aromatic rings. The molecule has 1 atom stereocenters. The first-order valence-corrected chi connectivity index (χ1v) is 8.70. The van der Waals surface area contributed by atoms with E-state index in [9.17, 15) is 14.4 Å². The average Bonchev–Trinajstić information content (AvgIpc) is 2.82. The van der Waals surface area contributed by atoms with Gasteiger partial charge in [-0.05, 0) is 31.7 Å². The van der Waals surface area contributed by atoms with Gasteiger partial charge in [-0.2, -0.15) is 5.10 Å². The Morgan fingerprint density at radius 1 is 1.28 bits per heavy atom. The van der Waals surface area contributed by atoms with Crippen LogP contribution >= 0.6 is 0 Å². The highest BCUT2D eigenvalue weighted by molar-refractivity contribution is 6.06. The second-order valence-electron chi connectivity index (χ2n) is 6.24. The van der Waals surface area contributed by atoms with Crippen LogP contribution in [-0.4, -0.2) is 34.2 Å². The SMILES string of the molecule is CCCn1nc(C(=O)N[C@@H]2CCCCNC2=O)c2ccccc2c1=O. The maximum atomic E-state index is 12.8. The van der Waals surface area contributed by atoms with E-state index in [2.05, 4.69) is 15.7 Å². The van der Waals surface area contributed by atoms with Crippen LogP contribution in [0.3, 0.4) is 0 Å². The van der Waals surface area contributed by atoms with Crippen LogP contribution < -0.4 is 16.2 Å². The fourth-order valence-corrected chi connectivity index (χ4v) is 3.07. The number of amides is 2. The molecule has 0 saturated carbocycles. The number of nitrogens with zero attached hydrogens (tertiary/aromatic N) is 2. The highest BCUT2D eigenvalue weighted by Gasteiger charge is 2.25. The van der Waals surface area contributed by atoms with E-state index < -0.39 is 11.9 Å². The summed E-state index contributed by atoms with van der Waals surface area (Å²) in [6, 6.07) is 6.37. The summed E-state index contributed by atoms with van der Waals surface area (Å²) in [5.41, 5.74) is -0.0260. The van der Waals surface area contributed by atoms with Crippen molar-refractivity contribution in [2.45, 2.75) is 45.2 Å². The minimum atomic E-state index is -0.567. The summed E-state index contributed by atoms with van der Waals surface area (Å²) >= 11 is 0. The first-order valence-electron chi connectivity index (χ1n) is 8.70. The molecule has 25 heavy (non-hydrogen) atoms. The van der Waals surface area contributed by atoms with Gasteiger partial charge in [0.15, 0.2) is 5.69 Å². The molecular weight excluding hydrogens is 320 g/mol. The van der Waals surface area contributed by atoms with Crippen LogP contribution in [0.2, 0.25) is 0 Å². The third kappa shape index (κ3) is 3.55. The van der Waals surface area contributed by atoms with Crippen LogP contribution in [0, 0.1) is 0 Å². The van der Waals surface area contributed by atoms with Gasteiger partial charge >= 0.3 is 0 Å². The molecule has 1 aliphatic heterocycles. The molecule has 1 aromatic heterocycles. The Labute approximate surface area is 145 Å². The van der Waals surface area contributed by atoms with Gasteiger partial charge in [0.05, 0.1) is 5.39 Å². The lowest BCUT2D eigenvalue weighted by Crippen LogP contribution is -2.46. The van der Waals surface area contributed by atoms with E-state index in [0.29, 0.717) is 30.3 Å². The van der Waals surface area contributed by atoms with E-state index in [1.54, 1.807) is 24.3 Å². The molecule has 0 unspecified atom stereocenters. The number of aromatic nitrogens is 2. The van der Waals surface area contributed by atoms with Gasteiger partial charge in [0.1, 0.15) is 6.04 Å². The molecule has 2 amide bonds. The smallest absolute Gasteiger partial charge is 0.274 e. The summed E-state index contributed by atoms with van der Waals surface area (Å²) in [6.45, 7) is 3.01. The number of benzene rings is 1. The zero-order valence-electron chi connectivity index (χ0n) is 14.2.